The van der Waals surface area contributed by atoms with Gasteiger partial charge in [0.05, 0.1) is 0 Å². The van der Waals surface area contributed by atoms with Gasteiger partial charge in [0.2, 0.25) is 6.79 Å². The molecule has 1 aliphatic rings. The first-order chi connectivity index (χ1) is 13.2. The molecule has 0 saturated heterocycles. The number of benzene rings is 2. The van der Waals surface area contributed by atoms with Gasteiger partial charge in [-0.15, -0.1) is 0 Å². The van der Waals surface area contributed by atoms with E-state index in [0.717, 1.165) is 23.5 Å². The lowest BCUT2D eigenvalue weighted by Gasteiger charge is -2.10. The number of aromatic nitrogens is 2. The van der Waals surface area contributed by atoms with Crippen molar-refractivity contribution < 1.29 is 14.3 Å². The standard InChI is InChI=1S/C20H20N4O3/c1-14-21-7-8-24(14)12-16-4-2-3-15(9-16)11-22-20(25)23-17-5-6-18-19(10-17)27-13-26-18/h2-10H,11-13H2,1H3,(H2,22,23,25). The van der Waals surface area contributed by atoms with Gasteiger partial charge in [-0.1, -0.05) is 24.3 Å². The number of imidazole rings is 1. The summed E-state index contributed by atoms with van der Waals surface area (Å²) in [6, 6.07) is 13.2. The van der Waals surface area contributed by atoms with Crippen molar-refractivity contribution >= 4 is 11.7 Å². The van der Waals surface area contributed by atoms with Gasteiger partial charge < -0.3 is 24.7 Å². The Morgan fingerprint density at radius 3 is 2.85 bits per heavy atom. The van der Waals surface area contributed by atoms with Gasteiger partial charge in [-0.3, -0.25) is 0 Å². The lowest BCUT2D eigenvalue weighted by atomic mass is 10.1. The number of urea groups is 1. The van der Waals surface area contributed by atoms with Crippen LogP contribution in [-0.4, -0.2) is 22.4 Å². The molecule has 1 aliphatic heterocycles. The van der Waals surface area contributed by atoms with Gasteiger partial charge in [-0.25, -0.2) is 9.78 Å². The van der Waals surface area contributed by atoms with Crippen LogP contribution in [-0.2, 0) is 13.1 Å². The second-order valence-corrected chi connectivity index (χ2v) is 6.30. The molecule has 0 atom stereocenters. The lowest BCUT2D eigenvalue weighted by molar-refractivity contribution is 0.174. The maximum atomic E-state index is 12.2. The number of amides is 2. The molecule has 0 unspecified atom stereocenters. The van der Waals surface area contributed by atoms with E-state index in [4.69, 9.17) is 9.47 Å². The van der Waals surface area contributed by atoms with E-state index < -0.39 is 0 Å². The SMILES string of the molecule is Cc1nccn1Cc1cccc(CNC(=O)Nc2ccc3c(c2)OCO3)c1. The summed E-state index contributed by atoms with van der Waals surface area (Å²) in [4.78, 5) is 16.4. The van der Waals surface area contributed by atoms with Crippen LogP contribution < -0.4 is 20.1 Å². The average molecular weight is 364 g/mol. The van der Waals surface area contributed by atoms with E-state index in [1.807, 2.05) is 25.3 Å². The number of fused-ring (bicyclic) bond motifs is 1. The second kappa shape index (κ2) is 7.41. The van der Waals surface area contributed by atoms with Crippen LogP contribution in [0.25, 0.3) is 0 Å². The zero-order valence-electron chi connectivity index (χ0n) is 14.9. The molecule has 0 fully saturated rings. The highest BCUT2D eigenvalue weighted by atomic mass is 16.7. The van der Waals surface area contributed by atoms with E-state index in [0.29, 0.717) is 23.7 Å². The molecule has 0 spiro atoms. The van der Waals surface area contributed by atoms with Crippen molar-refractivity contribution in [3.05, 3.63) is 71.8 Å². The normalized spacial score (nSPS) is 12.0. The number of nitrogens with one attached hydrogen (secondary N) is 2. The molecule has 0 radical (unpaired) electrons. The topological polar surface area (TPSA) is 77.4 Å². The largest absolute Gasteiger partial charge is 0.454 e. The number of nitrogens with zero attached hydrogens (tertiary/aromatic N) is 2. The van der Waals surface area contributed by atoms with E-state index in [1.54, 1.807) is 24.4 Å². The van der Waals surface area contributed by atoms with Gasteiger partial charge in [0.25, 0.3) is 0 Å². The number of carbonyl (C=O) groups excluding carboxylic acids is 1. The summed E-state index contributed by atoms with van der Waals surface area (Å²) in [5, 5.41) is 5.67. The van der Waals surface area contributed by atoms with Crippen LogP contribution >= 0.6 is 0 Å². The molecular weight excluding hydrogens is 344 g/mol. The maximum Gasteiger partial charge on any atom is 0.319 e. The first kappa shape index (κ1) is 17.0. The highest BCUT2D eigenvalue weighted by Crippen LogP contribution is 2.34. The molecule has 2 aromatic carbocycles. The summed E-state index contributed by atoms with van der Waals surface area (Å²) in [7, 11) is 0. The van der Waals surface area contributed by atoms with Crippen LogP contribution in [0.2, 0.25) is 0 Å². The Balaban J connectivity index is 1.33. The molecule has 3 aromatic rings. The molecule has 7 heteroatoms. The van der Waals surface area contributed by atoms with Gasteiger partial charge in [0.1, 0.15) is 5.82 Å². The van der Waals surface area contributed by atoms with E-state index in [2.05, 4.69) is 32.3 Å². The van der Waals surface area contributed by atoms with E-state index in [-0.39, 0.29) is 12.8 Å². The molecule has 2 amide bonds. The van der Waals surface area contributed by atoms with Crippen molar-refractivity contribution in [1.29, 1.82) is 0 Å². The smallest absolute Gasteiger partial charge is 0.319 e. The molecule has 2 N–H and O–H groups in total. The Bertz CT molecular complexity index is 967. The fourth-order valence-electron chi connectivity index (χ4n) is 2.94. The highest BCUT2D eigenvalue weighted by Gasteiger charge is 2.14. The van der Waals surface area contributed by atoms with Crippen molar-refractivity contribution in [3.8, 4) is 11.5 Å². The van der Waals surface area contributed by atoms with Crippen LogP contribution in [0.3, 0.4) is 0 Å². The first-order valence-electron chi connectivity index (χ1n) is 8.67. The van der Waals surface area contributed by atoms with Crippen LogP contribution in [0, 0.1) is 6.92 Å². The lowest BCUT2D eigenvalue weighted by Crippen LogP contribution is -2.28. The van der Waals surface area contributed by atoms with Gasteiger partial charge in [-0.05, 0) is 30.2 Å². The van der Waals surface area contributed by atoms with Crippen LogP contribution in [0.15, 0.2) is 54.9 Å². The van der Waals surface area contributed by atoms with Crippen LogP contribution in [0.1, 0.15) is 17.0 Å². The molecule has 2 heterocycles. The second-order valence-electron chi connectivity index (χ2n) is 6.30. The molecule has 0 saturated carbocycles. The fraction of sp³-hybridized carbons (Fsp3) is 0.200. The van der Waals surface area contributed by atoms with Gasteiger partial charge in [0.15, 0.2) is 11.5 Å². The van der Waals surface area contributed by atoms with Gasteiger partial charge in [-0.2, -0.15) is 0 Å². The molecule has 7 nitrogen and oxygen atoms in total. The number of carbonyl (C=O) groups is 1. The fourth-order valence-corrected chi connectivity index (χ4v) is 2.94. The Morgan fingerprint density at radius 1 is 1.15 bits per heavy atom. The van der Waals surface area contributed by atoms with E-state index in [1.165, 1.54) is 0 Å². The van der Waals surface area contributed by atoms with Gasteiger partial charge >= 0.3 is 6.03 Å². The first-order valence-corrected chi connectivity index (χ1v) is 8.67. The molecule has 0 bridgehead atoms. The number of ether oxygens (including phenoxy) is 2. The minimum absolute atomic E-state index is 0.208. The number of hydrogen-bond acceptors (Lipinski definition) is 4. The third kappa shape index (κ3) is 4.03. The predicted octanol–water partition coefficient (Wildman–Crippen LogP) is 3.29. The Hall–Kier alpha value is -3.48. The van der Waals surface area contributed by atoms with E-state index in [9.17, 15) is 4.79 Å². The zero-order valence-corrected chi connectivity index (χ0v) is 14.9. The monoisotopic (exact) mass is 364 g/mol. The summed E-state index contributed by atoms with van der Waals surface area (Å²) in [5.74, 6) is 2.29. The molecule has 27 heavy (non-hydrogen) atoms. The third-order valence-electron chi connectivity index (χ3n) is 4.35. The number of anilines is 1. The molecular formula is C20H20N4O3. The van der Waals surface area contributed by atoms with Crippen LogP contribution in [0.4, 0.5) is 10.5 Å². The minimum Gasteiger partial charge on any atom is -0.454 e. The van der Waals surface area contributed by atoms with Crippen molar-refractivity contribution in [2.75, 3.05) is 12.1 Å². The number of aryl methyl sites for hydroxylation is 1. The Morgan fingerprint density at radius 2 is 2.00 bits per heavy atom. The number of rotatable bonds is 5. The molecule has 1 aromatic heterocycles. The Kier molecular flexibility index (Phi) is 4.65. The summed E-state index contributed by atoms with van der Waals surface area (Å²) >= 11 is 0. The highest BCUT2D eigenvalue weighted by molar-refractivity contribution is 5.89. The predicted molar refractivity (Wildman–Crippen MR) is 101 cm³/mol. The van der Waals surface area contributed by atoms with Crippen molar-refractivity contribution in [2.45, 2.75) is 20.0 Å². The van der Waals surface area contributed by atoms with E-state index >= 15 is 0 Å². The zero-order chi connectivity index (χ0) is 18.6. The van der Waals surface area contributed by atoms with Crippen molar-refractivity contribution in [3.63, 3.8) is 0 Å². The van der Waals surface area contributed by atoms with Crippen molar-refractivity contribution in [1.82, 2.24) is 14.9 Å². The summed E-state index contributed by atoms with van der Waals surface area (Å²) < 4.78 is 12.7. The van der Waals surface area contributed by atoms with Gasteiger partial charge in [0, 0.05) is 37.2 Å². The van der Waals surface area contributed by atoms with Crippen molar-refractivity contribution in [2.24, 2.45) is 0 Å². The minimum atomic E-state index is -0.273. The molecule has 0 aliphatic carbocycles. The number of hydrogen-bond donors (Lipinski definition) is 2. The maximum absolute atomic E-state index is 12.2. The Labute approximate surface area is 156 Å². The third-order valence-corrected chi connectivity index (χ3v) is 4.35. The molecule has 138 valence electrons. The van der Waals surface area contributed by atoms with Crippen LogP contribution in [0.5, 0.6) is 11.5 Å². The molecule has 4 rings (SSSR count). The quantitative estimate of drug-likeness (QED) is 0.728. The summed E-state index contributed by atoms with van der Waals surface area (Å²) in [5.41, 5.74) is 2.85. The summed E-state index contributed by atoms with van der Waals surface area (Å²) in [6.07, 6.45) is 3.75. The summed E-state index contributed by atoms with van der Waals surface area (Å²) in [6.45, 7) is 3.38. The average Bonchev–Trinajstić information content (AvgIpc) is 3.29.